The van der Waals surface area contributed by atoms with Crippen LogP contribution in [0.3, 0.4) is 0 Å². The van der Waals surface area contributed by atoms with Crippen molar-refractivity contribution < 1.29 is 14.3 Å². The molecular weight excluding hydrogens is 252 g/mol. The summed E-state index contributed by atoms with van der Waals surface area (Å²) in [6, 6.07) is 6.61. The van der Waals surface area contributed by atoms with Crippen molar-refractivity contribution in [3.8, 4) is 0 Å². The summed E-state index contributed by atoms with van der Waals surface area (Å²) in [5, 5.41) is 3.28. The molecule has 0 unspecified atom stereocenters. The molecule has 0 fully saturated rings. The zero-order valence-electron chi connectivity index (χ0n) is 9.54. The quantitative estimate of drug-likeness (QED) is 0.861. The molecular formula is C12H10N2O3S. The Morgan fingerprint density at radius 3 is 2.83 bits per heavy atom. The molecule has 5 nitrogen and oxygen atoms in total. The van der Waals surface area contributed by atoms with E-state index in [1.807, 2.05) is 0 Å². The van der Waals surface area contributed by atoms with E-state index in [1.165, 1.54) is 13.3 Å². The fourth-order valence-corrected chi connectivity index (χ4v) is 2.12. The molecule has 2 aromatic heterocycles. The Balaban J connectivity index is 2.08. The molecule has 1 N–H and O–H groups in total. The Morgan fingerprint density at radius 1 is 1.33 bits per heavy atom. The first-order valence-corrected chi connectivity index (χ1v) is 5.92. The van der Waals surface area contributed by atoms with Gasteiger partial charge in [-0.15, -0.1) is 11.3 Å². The number of hydrogen-bond donors (Lipinski definition) is 1. The van der Waals surface area contributed by atoms with Crippen LogP contribution in [0.1, 0.15) is 20.0 Å². The van der Waals surface area contributed by atoms with E-state index in [1.54, 1.807) is 30.5 Å². The van der Waals surface area contributed by atoms with Crippen LogP contribution in [-0.4, -0.2) is 24.0 Å². The summed E-state index contributed by atoms with van der Waals surface area (Å²) in [4.78, 5) is 27.4. The van der Waals surface area contributed by atoms with Gasteiger partial charge >= 0.3 is 5.97 Å². The fraction of sp³-hybridized carbons (Fsp3) is 0.0833. The smallest absolute Gasteiger partial charge is 0.348 e. The SMILES string of the molecule is COC(=O)c1ccc(NC(=O)c2cccnc2)s1. The summed E-state index contributed by atoms with van der Waals surface area (Å²) in [5.41, 5.74) is 0.463. The number of nitrogens with zero attached hydrogens (tertiary/aromatic N) is 1. The standard InChI is InChI=1S/C12H10N2O3S/c1-17-12(16)9-4-5-10(18-9)14-11(15)8-3-2-6-13-7-8/h2-7H,1H3,(H,14,15). The number of anilines is 1. The monoisotopic (exact) mass is 262 g/mol. The molecule has 0 aliphatic rings. The van der Waals surface area contributed by atoms with Gasteiger partial charge in [0.25, 0.3) is 5.91 Å². The van der Waals surface area contributed by atoms with Crippen LogP contribution in [0.5, 0.6) is 0 Å². The molecule has 0 radical (unpaired) electrons. The molecule has 92 valence electrons. The lowest BCUT2D eigenvalue weighted by molar-refractivity contribution is 0.0606. The van der Waals surface area contributed by atoms with E-state index in [-0.39, 0.29) is 5.91 Å². The van der Waals surface area contributed by atoms with Crippen molar-refractivity contribution in [2.75, 3.05) is 12.4 Å². The minimum atomic E-state index is -0.415. The summed E-state index contributed by atoms with van der Waals surface area (Å²) in [6.07, 6.45) is 3.07. The topological polar surface area (TPSA) is 68.3 Å². The maximum Gasteiger partial charge on any atom is 0.348 e. The van der Waals surface area contributed by atoms with Crippen molar-refractivity contribution in [2.24, 2.45) is 0 Å². The third kappa shape index (κ3) is 2.72. The first-order chi connectivity index (χ1) is 8.70. The lowest BCUT2D eigenvalue weighted by Crippen LogP contribution is -2.10. The molecule has 6 heteroatoms. The van der Waals surface area contributed by atoms with Gasteiger partial charge in [0.1, 0.15) is 4.88 Å². The number of ether oxygens (including phenoxy) is 1. The molecule has 0 bridgehead atoms. The largest absolute Gasteiger partial charge is 0.465 e. The minimum Gasteiger partial charge on any atom is -0.465 e. The highest BCUT2D eigenvalue weighted by Crippen LogP contribution is 2.22. The Bertz CT molecular complexity index is 566. The summed E-state index contributed by atoms with van der Waals surface area (Å²) in [6.45, 7) is 0. The molecule has 2 heterocycles. The first kappa shape index (κ1) is 12.3. The summed E-state index contributed by atoms with van der Waals surface area (Å²) in [5.74, 6) is -0.678. The second-order valence-electron chi connectivity index (χ2n) is 3.35. The normalized spacial score (nSPS) is 9.83. The van der Waals surface area contributed by atoms with Gasteiger partial charge in [0.2, 0.25) is 0 Å². The van der Waals surface area contributed by atoms with Crippen molar-refractivity contribution in [1.29, 1.82) is 0 Å². The van der Waals surface area contributed by atoms with E-state index in [0.717, 1.165) is 11.3 Å². The molecule has 0 saturated carbocycles. The van der Waals surface area contributed by atoms with Gasteiger partial charge in [-0.1, -0.05) is 0 Å². The van der Waals surface area contributed by atoms with Crippen LogP contribution >= 0.6 is 11.3 Å². The van der Waals surface area contributed by atoms with Crippen LogP contribution in [-0.2, 0) is 4.74 Å². The molecule has 0 saturated heterocycles. The van der Waals surface area contributed by atoms with Crippen molar-refractivity contribution in [3.63, 3.8) is 0 Å². The van der Waals surface area contributed by atoms with Crippen LogP contribution < -0.4 is 5.32 Å². The Kier molecular flexibility index (Phi) is 3.69. The van der Waals surface area contributed by atoms with E-state index in [4.69, 9.17) is 0 Å². The minimum absolute atomic E-state index is 0.263. The maximum absolute atomic E-state index is 11.8. The molecule has 0 atom stereocenters. The highest BCUT2D eigenvalue weighted by Gasteiger charge is 2.11. The van der Waals surface area contributed by atoms with Gasteiger partial charge in [-0.3, -0.25) is 9.78 Å². The number of pyridine rings is 1. The first-order valence-electron chi connectivity index (χ1n) is 5.10. The van der Waals surface area contributed by atoms with Gasteiger partial charge in [0.05, 0.1) is 17.7 Å². The molecule has 1 amide bonds. The van der Waals surface area contributed by atoms with Crippen molar-refractivity contribution in [3.05, 3.63) is 47.1 Å². The average Bonchev–Trinajstić information content (AvgIpc) is 2.87. The maximum atomic E-state index is 11.8. The molecule has 2 aromatic rings. The molecule has 0 aliphatic carbocycles. The summed E-state index contributed by atoms with van der Waals surface area (Å²) in [7, 11) is 1.32. The lowest BCUT2D eigenvalue weighted by Gasteiger charge is -2.01. The Hall–Kier alpha value is -2.21. The average molecular weight is 262 g/mol. The Morgan fingerprint density at radius 2 is 2.17 bits per heavy atom. The number of aromatic nitrogens is 1. The van der Waals surface area contributed by atoms with E-state index in [2.05, 4.69) is 15.0 Å². The van der Waals surface area contributed by atoms with Crippen LogP contribution in [0.4, 0.5) is 5.00 Å². The van der Waals surface area contributed by atoms with Gasteiger partial charge in [-0.25, -0.2) is 4.79 Å². The van der Waals surface area contributed by atoms with Crippen molar-refractivity contribution >= 4 is 28.2 Å². The second kappa shape index (κ2) is 5.42. The van der Waals surface area contributed by atoms with E-state index >= 15 is 0 Å². The molecule has 0 spiro atoms. The number of thiophene rings is 1. The summed E-state index contributed by atoms with van der Waals surface area (Å²) < 4.78 is 4.59. The third-order valence-corrected chi connectivity index (χ3v) is 3.13. The molecule has 0 aliphatic heterocycles. The van der Waals surface area contributed by atoms with Gasteiger partial charge in [-0.05, 0) is 24.3 Å². The number of carbonyl (C=O) groups excluding carboxylic acids is 2. The van der Waals surface area contributed by atoms with Crippen molar-refractivity contribution in [2.45, 2.75) is 0 Å². The highest BCUT2D eigenvalue weighted by molar-refractivity contribution is 7.18. The van der Waals surface area contributed by atoms with Crippen LogP contribution in [0.15, 0.2) is 36.7 Å². The van der Waals surface area contributed by atoms with Crippen LogP contribution in [0, 0.1) is 0 Å². The predicted molar refractivity (Wildman–Crippen MR) is 67.8 cm³/mol. The second-order valence-corrected chi connectivity index (χ2v) is 4.44. The van der Waals surface area contributed by atoms with Gasteiger partial charge in [-0.2, -0.15) is 0 Å². The predicted octanol–water partition coefficient (Wildman–Crippen LogP) is 2.18. The molecule has 18 heavy (non-hydrogen) atoms. The van der Waals surface area contributed by atoms with Gasteiger partial charge < -0.3 is 10.1 Å². The third-order valence-electron chi connectivity index (χ3n) is 2.15. The zero-order valence-corrected chi connectivity index (χ0v) is 10.4. The number of esters is 1. The number of methoxy groups -OCH3 is 1. The molecule has 2 rings (SSSR count). The Labute approximate surface area is 107 Å². The highest BCUT2D eigenvalue weighted by atomic mass is 32.1. The number of amides is 1. The van der Waals surface area contributed by atoms with Gasteiger partial charge in [0.15, 0.2) is 0 Å². The fourth-order valence-electron chi connectivity index (χ4n) is 1.30. The number of carbonyl (C=O) groups is 2. The number of rotatable bonds is 3. The summed E-state index contributed by atoms with van der Waals surface area (Å²) >= 11 is 1.16. The van der Waals surface area contributed by atoms with E-state index < -0.39 is 5.97 Å². The molecule has 0 aromatic carbocycles. The zero-order chi connectivity index (χ0) is 13.0. The number of nitrogens with one attached hydrogen (secondary N) is 1. The van der Waals surface area contributed by atoms with Crippen LogP contribution in [0.2, 0.25) is 0 Å². The van der Waals surface area contributed by atoms with Crippen LogP contribution in [0.25, 0.3) is 0 Å². The van der Waals surface area contributed by atoms with Gasteiger partial charge in [0, 0.05) is 12.4 Å². The lowest BCUT2D eigenvalue weighted by atomic mass is 10.3. The van der Waals surface area contributed by atoms with E-state index in [9.17, 15) is 9.59 Å². The van der Waals surface area contributed by atoms with Crippen molar-refractivity contribution in [1.82, 2.24) is 4.98 Å². The van der Waals surface area contributed by atoms with E-state index in [0.29, 0.717) is 15.4 Å². The number of hydrogen-bond acceptors (Lipinski definition) is 5.